The topological polar surface area (TPSA) is 66.6 Å². The van der Waals surface area contributed by atoms with Crippen LogP contribution in [0.2, 0.25) is 0 Å². The Morgan fingerprint density at radius 3 is 2.61 bits per heavy atom. The van der Waals surface area contributed by atoms with Crippen molar-refractivity contribution in [3.8, 4) is 0 Å². The number of halogens is 1. The summed E-state index contributed by atoms with van der Waals surface area (Å²) >= 11 is 1.36. The average Bonchev–Trinajstić information content (AvgIpc) is 3.12. The van der Waals surface area contributed by atoms with Gasteiger partial charge in [-0.3, -0.25) is 4.79 Å². The van der Waals surface area contributed by atoms with Crippen LogP contribution in [0.15, 0.2) is 41.8 Å². The summed E-state index contributed by atoms with van der Waals surface area (Å²) in [6, 6.07) is 7.83. The Morgan fingerprint density at radius 2 is 2.04 bits per heavy atom. The molecular weight excluding hydrogens is 319 g/mol. The number of hydroxylamine groups is 3. The number of Topliss-reactive ketones (excluding diaryl/α,β-unsaturated/α-hetero) is 1. The minimum atomic E-state index is -1.80. The van der Waals surface area contributed by atoms with Gasteiger partial charge in [-0.2, -0.15) is 4.74 Å². The fraction of sp³-hybridized carbons (Fsp3) is 0.250. The quantitative estimate of drug-likeness (QED) is 0.532. The molecule has 2 atom stereocenters. The molecule has 0 unspecified atom stereocenters. The van der Waals surface area contributed by atoms with Crippen LogP contribution in [0.4, 0.5) is 4.39 Å². The van der Waals surface area contributed by atoms with Crippen molar-refractivity contribution in [2.45, 2.75) is 25.6 Å². The van der Waals surface area contributed by atoms with E-state index in [1.165, 1.54) is 30.4 Å². The zero-order valence-electron chi connectivity index (χ0n) is 12.6. The van der Waals surface area contributed by atoms with E-state index in [2.05, 4.69) is 0 Å². The number of thiophene rings is 1. The molecule has 2 heterocycles. The van der Waals surface area contributed by atoms with Gasteiger partial charge in [0.25, 0.3) is 5.78 Å². The molecule has 3 rings (SSSR count). The van der Waals surface area contributed by atoms with Crippen molar-refractivity contribution in [3.63, 3.8) is 0 Å². The first kappa shape index (κ1) is 15.8. The van der Waals surface area contributed by atoms with E-state index in [1.807, 2.05) is 5.38 Å². The number of nitrogens with zero attached hydrogens (tertiary/aromatic N) is 2. The van der Waals surface area contributed by atoms with Crippen LogP contribution < -0.4 is 0 Å². The minimum Gasteiger partial charge on any atom is -0.622 e. The summed E-state index contributed by atoms with van der Waals surface area (Å²) in [5.74, 6) is -1.06. The summed E-state index contributed by atoms with van der Waals surface area (Å²) < 4.78 is 13.6. The van der Waals surface area contributed by atoms with E-state index in [9.17, 15) is 19.6 Å². The van der Waals surface area contributed by atoms with Crippen LogP contribution in [0.3, 0.4) is 0 Å². The van der Waals surface area contributed by atoms with Crippen LogP contribution >= 0.6 is 11.3 Å². The second-order valence-electron chi connectivity index (χ2n) is 5.53. The molecule has 1 aromatic carbocycles. The lowest BCUT2D eigenvalue weighted by molar-refractivity contribution is -0.561. The molecule has 0 amide bonds. The van der Waals surface area contributed by atoms with Crippen LogP contribution in [0.1, 0.15) is 29.1 Å². The lowest BCUT2D eigenvalue weighted by Crippen LogP contribution is -2.54. The number of hydrogen-bond donors (Lipinski definition) is 1. The average molecular weight is 334 g/mol. The van der Waals surface area contributed by atoms with Gasteiger partial charge in [0.05, 0.1) is 4.88 Å². The van der Waals surface area contributed by atoms with E-state index in [0.29, 0.717) is 15.3 Å². The molecule has 0 aliphatic carbocycles. The molecule has 0 spiro atoms. The predicted octanol–water partition coefficient (Wildman–Crippen LogP) is 2.88. The summed E-state index contributed by atoms with van der Waals surface area (Å²) in [5, 5.41) is 25.8. The van der Waals surface area contributed by atoms with Gasteiger partial charge in [0.1, 0.15) is 11.9 Å². The Hall–Kier alpha value is -2.09. The zero-order valence-corrected chi connectivity index (χ0v) is 13.4. The van der Waals surface area contributed by atoms with Crippen molar-refractivity contribution < 1.29 is 19.1 Å². The summed E-state index contributed by atoms with van der Waals surface area (Å²) in [4.78, 5) is 13.5. The summed E-state index contributed by atoms with van der Waals surface area (Å²) in [7, 11) is 0. The summed E-state index contributed by atoms with van der Waals surface area (Å²) in [5.41, 5.74) is -1.30. The first-order valence-electron chi connectivity index (χ1n) is 7.04. The molecule has 0 saturated carbocycles. The standard InChI is InChI=1S/C16H15FN2O3S/c1-10-14(13-4-3-9-23-13)19(22)16(2,18(10)21)15(20)11-5-7-12(17)8-6-11/h3-10,21H,1-2H3/t10-,16+/m1/s1. The van der Waals surface area contributed by atoms with Gasteiger partial charge in [0.2, 0.25) is 5.71 Å². The third kappa shape index (κ3) is 2.28. The van der Waals surface area contributed by atoms with Gasteiger partial charge in [-0.05, 0) is 42.6 Å². The molecule has 5 nitrogen and oxygen atoms in total. The highest BCUT2D eigenvalue weighted by atomic mass is 32.1. The molecule has 1 N–H and O–H groups in total. The molecule has 23 heavy (non-hydrogen) atoms. The van der Waals surface area contributed by atoms with E-state index in [-0.39, 0.29) is 5.56 Å². The lowest BCUT2D eigenvalue weighted by Gasteiger charge is -2.27. The van der Waals surface area contributed by atoms with Gasteiger partial charge >= 0.3 is 5.66 Å². The molecule has 7 heteroatoms. The van der Waals surface area contributed by atoms with Crippen LogP contribution in [0, 0.1) is 11.0 Å². The van der Waals surface area contributed by atoms with Gasteiger partial charge in [-0.25, -0.2) is 4.39 Å². The first-order chi connectivity index (χ1) is 10.9. The van der Waals surface area contributed by atoms with Crippen molar-refractivity contribution >= 4 is 22.8 Å². The first-order valence-corrected chi connectivity index (χ1v) is 7.92. The van der Waals surface area contributed by atoms with E-state index in [1.54, 1.807) is 19.1 Å². The maximum atomic E-state index is 13.0. The maximum Gasteiger partial charge on any atom is 0.312 e. The molecule has 1 aromatic heterocycles. The molecule has 0 fully saturated rings. The molecule has 1 aliphatic rings. The van der Waals surface area contributed by atoms with Gasteiger partial charge < -0.3 is 10.4 Å². The Bertz CT molecular complexity index is 773. The number of ketones is 1. The Balaban J connectivity index is 2.09. The summed E-state index contributed by atoms with van der Waals surface area (Å²) in [6.07, 6.45) is 0. The second kappa shape index (κ2) is 5.52. The zero-order chi connectivity index (χ0) is 16.8. The fourth-order valence-electron chi connectivity index (χ4n) is 2.79. The minimum absolute atomic E-state index is 0.161. The van der Waals surface area contributed by atoms with Gasteiger partial charge in [0.15, 0.2) is 0 Å². The smallest absolute Gasteiger partial charge is 0.312 e. The van der Waals surface area contributed by atoms with Gasteiger partial charge in [-0.15, -0.1) is 16.4 Å². The Labute approximate surface area is 136 Å². The molecule has 0 saturated heterocycles. The third-order valence-electron chi connectivity index (χ3n) is 4.13. The van der Waals surface area contributed by atoms with Crippen molar-refractivity contribution in [1.82, 2.24) is 5.06 Å². The highest BCUT2D eigenvalue weighted by Gasteiger charge is 2.58. The predicted molar refractivity (Wildman–Crippen MR) is 84.3 cm³/mol. The molecular formula is C16H15FN2O3S. The van der Waals surface area contributed by atoms with E-state index < -0.39 is 23.3 Å². The van der Waals surface area contributed by atoms with E-state index >= 15 is 0 Å². The van der Waals surface area contributed by atoms with Crippen LogP contribution in [-0.4, -0.2) is 38.2 Å². The van der Waals surface area contributed by atoms with Crippen molar-refractivity contribution in [2.75, 3.05) is 0 Å². The summed E-state index contributed by atoms with van der Waals surface area (Å²) in [6.45, 7) is 3.02. The number of benzene rings is 1. The van der Waals surface area contributed by atoms with Crippen LogP contribution in [-0.2, 0) is 0 Å². The highest BCUT2D eigenvalue weighted by molar-refractivity contribution is 7.12. The van der Waals surface area contributed by atoms with Gasteiger partial charge in [0, 0.05) is 12.5 Å². The Kier molecular flexibility index (Phi) is 3.79. The fourth-order valence-corrected chi connectivity index (χ4v) is 3.63. The van der Waals surface area contributed by atoms with Crippen molar-refractivity contribution in [2.24, 2.45) is 0 Å². The van der Waals surface area contributed by atoms with Crippen molar-refractivity contribution in [3.05, 3.63) is 63.2 Å². The van der Waals surface area contributed by atoms with E-state index in [0.717, 1.165) is 17.2 Å². The number of carbonyl (C=O) groups is 1. The van der Waals surface area contributed by atoms with Crippen LogP contribution in [0.25, 0.3) is 0 Å². The largest absolute Gasteiger partial charge is 0.622 e. The monoisotopic (exact) mass is 334 g/mol. The SMILES string of the molecule is C[C@@H]1C(c2cccs2)=[N+]([O-])[C@@](C)(C(=O)c2ccc(F)cc2)N1O. The Morgan fingerprint density at radius 1 is 1.39 bits per heavy atom. The molecule has 120 valence electrons. The number of hydrogen-bond acceptors (Lipinski definition) is 5. The van der Waals surface area contributed by atoms with E-state index in [4.69, 9.17) is 0 Å². The molecule has 1 aliphatic heterocycles. The number of carbonyl (C=O) groups excluding carboxylic acids is 1. The third-order valence-corrected chi connectivity index (χ3v) is 5.03. The van der Waals surface area contributed by atoms with Gasteiger partial charge in [-0.1, -0.05) is 6.07 Å². The molecule has 0 radical (unpaired) electrons. The highest BCUT2D eigenvalue weighted by Crippen LogP contribution is 2.32. The second-order valence-corrected chi connectivity index (χ2v) is 6.48. The maximum absolute atomic E-state index is 13.0. The number of rotatable bonds is 3. The lowest BCUT2D eigenvalue weighted by atomic mass is 9.99. The van der Waals surface area contributed by atoms with Crippen molar-refractivity contribution in [1.29, 1.82) is 0 Å². The normalized spacial score (nSPS) is 25.1. The molecule has 2 aromatic rings. The van der Waals surface area contributed by atoms with Crippen LogP contribution in [0.5, 0.6) is 0 Å². The molecule has 0 bridgehead atoms.